The number of anilines is 1. The van der Waals surface area contributed by atoms with Crippen LogP contribution in [0.25, 0.3) is 0 Å². The van der Waals surface area contributed by atoms with E-state index in [-0.39, 0.29) is 12.3 Å². The van der Waals surface area contributed by atoms with E-state index in [1.165, 1.54) is 5.56 Å². The second-order valence-corrected chi connectivity index (χ2v) is 7.57. The number of nitriles is 1. The monoisotopic (exact) mass is 354 g/mol. The number of hydrogen-bond donors (Lipinski definition) is 2. The Kier molecular flexibility index (Phi) is 4.06. The fourth-order valence-corrected chi connectivity index (χ4v) is 4.66. The number of aryl methyl sites for hydroxylation is 2. The fraction of sp³-hybridized carbons (Fsp3) is 0.579. The van der Waals surface area contributed by atoms with Crippen LogP contribution in [0.4, 0.5) is 5.82 Å². The maximum Gasteiger partial charge on any atom is 0.309 e. The van der Waals surface area contributed by atoms with Crippen molar-refractivity contribution in [3.63, 3.8) is 0 Å². The van der Waals surface area contributed by atoms with Gasteiger partial charge in [-0.1, -0.05) is 0 Å². The molecular formula is C19H22N4O3. The van der Waals surface area contributed by atoms with E-state index in [4.69, 9.17) is 4.98 Å². The molecule has 4 rings (SSSR count). The molecule has 0 aromatic carbocycles. The minimum atomic E-state index is -0.915. The van der Waals surface area contributed by atoms with Gasteiger partial charge in [-0.05, 0) is 50.2 Å². The van der Waals surface area contributed by atoms with Gasteiger partial charge < -0.3 is 15.3 Å². The standard InChI is InChI=1S/C19H22N4O3/c20-11-13-9-12-3-1-2-4-15(12)21-17(13)23-7-5-19(6-8-23)14(18(25)26)10-16(24)22-19/h9,14H,1-8,10H2,(H,22,24)(H,25,26)/t14-/m1/s1. The molecule has 7 heteroatoms. The first-order chi connectivity index (χ1) is 12.5. The van der Waals surface area contributed by atoms with Crippen molar-refractivity contribution >= 4 is 17.7 Å². The zero-order chi connectivity index (χ0) is 18.3. The number of hydrogen-bond acceptors (Lipinski definition) is 5. The number of pyridine rings is 1. The maximum atomic E-state index is 11.8. The second kappa shape index (κ2) is 6.27. The van der Waals surface area contributed by atoms with Crippen molar-refractivity contribution in [3.05, 3.63) is 22.9 Å². The minimum absolute atomic E-state index is 0.0515. The van der Waals surface area contributed by atoms with Gasteiger partial charge in [-0.3, -0.25) is 9.59 Å². The lowest BCUT2D eigenvalue weighted by atomic mass is 9.77. The highest BCUT2D eigenvalue weighted by atomic mass is 16.4. The van der Waals surface area contributed by atoms with Crippen molar-refractivity contribution in [3.8, 4) is 6.07 Å². The lowest BCUT2D eigenvalue weighted by molar-refractivity contribution is -0.144. The first-order valence-electron chi connectivity index (χ1n) is 9.24. The summed E-state index contributed by atoms with van der Waals surface area (Å²) in [5.74, 6) is -1.07. The van der Waals surface area contributed by atoms with Crippen LogP contribution in [0.5, 0.6) is 0 Å². The number of carboxylic acid groups (broad SMARTS) is 1. The molecule has 1 spiro atoms. The van der Waals surface area contributed by atoms with Crippen LogP contribution in [0, 0.1) is 17.2 Å². The van der Waals surface area contributed by atoms with Crippen molar-refractivity contribution < 1.29 is 14.7 Å². The molecule has 2 saturated heterocycles. The van der Waals surface area contributed by atoms with Crippen LogP contribution < -0.4 is 10.2 Å². The third kappa shape index (κ3) is 2.70. The largest absolute Gasteiger partial charge is 0.481 e. The molecule has 3 heterocycles. The molecule has 1 atom stereocenters. The van der Waals surface area contributed by atoms with Crippen LogP contribution in [0.3, 0.4) is 0 Å². The van der Waals surface area contributed by atoms with Crippen molar-refractivity contribution in [1.29, 1.82) is 5.26 Å². The average Bonchev–Trinajstić information content (AvgIpc) is 2.97. The van der Waals surface area contributed by atoms with Gasteiger partial charge in [-0.2, -0.15) is 5.26 Å². The lowest BCUT2D eigenvalue weighted by Gasteiger charge is -2.42. The van der Waals surface area contributed by atoms with Gasteiger partial charge >= 0.3 is 5.97 Å². The summed E-state index contributed by atoms with van der Waals surface area (Å²) in [7, 11) is 0. The Hall–Kier alpha value is -2.62. The number of nitrogens with one attached hydrogen (secondary N) is 1. The number of aromatic nitrogens is 1. The number of carbonyl (C=O) groups is 2. The number of nitrogens with zero attached hydrogens (tertiary/aromatic N) is 3. The van der Waals surface area contributed by atoms with Crippen LogP contribution in [0.15, 0.2) is 6.07 Å². The van der Waals surface area contributed by atoms with E-state index >= 15 is 0 Å². The molecule has 1 aromatic heterocycles. The van der Waals surface area contributed by atoms with Gasteiger partial charge in [0.15, 0.2) is 0 Å². The zero-order valence-corrected chi connectivity index (χ0v) is 14.6. The summed E-state index contributed by atoms with van der Waals surface area (Å²) in [6, 6.07) is 4.24. The molecule has 7 nitrogen and oxygen atoms in total. The summed E-state index contributed by atoms with van der Waals surface area (Å²) in [5.41, 5.74) is 2.19. The number of aliphatic carboxylic acids is 1. The molecule has 3 aliphatic rings. The third-order valence-corrected chi connectivity index (χ3v) is 6.10. The Labute approximate surface area is 152 Å². The van der Waals surface area contributed by atoms with Crippen molar-refractivity contribution in [2.45, 2.75) is 50.5 Å². The number of fused-ring (bicyclic) bond motifs is 1. The average molecular weight is 354 g/mol. The van der Waals surface area contributed by atoms with Gasteiger partial charge in [0.25, 0.3) is 0 Å². The molecular weight excluding hydrogens is 332 g/mol. The fourth-order valence-electron chi connectivity index (χ4n) is 4.66. The van der Waals surface area contributed by atoms with E-state index in [1.54, 1.807) is 0 Å². The first-order valence-corrected chi connectivity index (χ1v) is 9.24. The number of amides is 1. The summed E-state index contributed by atoms with van der Waals surface area (Å²) < 4.78 is 0. The highest BCUT2D eigenvalue weighted by Crippen LogP contribution is 2.38. The van der Waals surface area contributed by atoms with Crippen LogP contribution in [0.1, 0.15) is 48.9 Å². The van der Waals surface area contributed by atoms with Crippen LogP contribution in [0.2, 0.25) is 0 Å². The Morgan fingerprint density at radius 3 is 2.77 bits per heavy atom. The van der Waals surface area contributed by atoms with E-state index < -0.39 is 17.4 Å². The number of carboxylic acids is 1. The molecule has 0 unspecified atom stereocenters. The van der Waals surface area contributed by atoms with Gasteiger partial charge in [0.1, 0.15) is 11.9 Å². The van der Waals surface area contributed by atoms with Gasteiger partial charge in [-0.25, -0.2) is 4.98 Å². The topological polar surface area (TPSA) is 106 Å². The molecule has 1 aromatic rings. The Bertz CT molecular complexity index is 806. The highest BCUT2D eigenvalue weighted by molar-refractivity contribution is 5.88. The highest BCUT2D eigenvalue weighted by Gasteiger charge is 2.51. The van der Waals surface area contributed by atoms with Gasteiger partial charge in [0, 0.05) is 25.2 Å². The molecule has 0 saturated carbocycles. The van der Waals surface area contributed by atoms with Gasteiger partial charge in [0.2, 0.25) is 5.91 Å². The zero-order valence-electron chi connectivity index (χ0n) is 14.6. The third-order valence-electron chi connectivity index (χ3n) is 6.10. The Morgan fingerprint density at radius 1 is 1.35 bits per heavy atom. The minimum Gasteiger partial charge on any atom is -0.481 e. The molecule has 1 amide bonds. The van der Waals surface area contributed by atoms with E-state index in [0.29, 0.717) is 37.3 Å². The smallest absolute Gasteiger partial charge is 0.309 e. The van der Waals surface area contributed by atoms with Gasteiger partial charge in [-0.15, -0.1) is 0 Å². The maximum absolute atomic E-state index is 11.8. The van der Waals surface area contributed by atoms with E-state index in [2.05, 4.69) is 16.3 Å². The second-order valence-electron chi connectivity index (χ2n) is 7.57. The molecule has 2 fully saturated rings. The quantitative estimate of drug-likeness (QED) is 0.831. The first kappa shape index (κ1) is 16.8. The molecule has 2 N–H and O–H groups in total. The van der Waals surface area contributed by atoms with Crippen LogP contribution in [-0.2, 0) is 22.4 Å². The molecule has 26 heavy (non-hydrogen) atoms. The number of rotatable bonds is 2. The summed E-state index contributed by atoms with van der Waals surface area (Å²) in [5, 5.41) is 22.0. The number of piperidine rings is 1. The summed E-state index contributed by atoms with van der Waals surface area (Å²) >= 11 is 0. The van der Waals surface area contributed by atoms with Crippen molar-refractivity contribution in [1.82, 2.24) is 10.3 Å². The van der Waals surface area contributed by atoms with Crippen molar-refractivity contribution in [2.24, 2.45) is 5.92 Å². The summed E-state index contributed by atoms with van der Waals surface area (Å²) in [4.78, 5) is 30.2. The van der Waals surface area contributed by atoms with E-state index in [1.807, 2.05) is 6.07 Å². The van der Waals surface area contributed by atoms with Gasteiger partial charge in [0.05, 0.1) is 17.0 Å². The molecule has 0 bridgehead atoms. The predicted molar refractivity (Wildman–Crippen MR) is 93.7 cm³/mol. The summed E-state index contributed by atoms with van der Waals surface area (Å²) in [6.45, 7) is 1.18. The predicted octanol–water partition coefficient (Wildman–Crippen LogP) is 1.39. The lowest BCUT2D eigenvalue weighted by Crippen LogP contribution is -2.56. The molecule has 1 aliphatic carbocycles. The molecule has 2 aliphatic heterocycles. The Balaban J connectivity index is 1.58. The molecule has 0 radical (unpaired) electrons. The molecule has 136 valence electrons. The normalized spacial score (nSPS) is 24.0. The van der Waals surface area contributed by atoms with Crippen LogP contribution >= 0.6 is 0 Å². The Morgan fingerprint density at radius 2 is 2.08 bits per heavy atom. The van der Waals surface area contributed by atoms with Crippen LogP contribution in [-0.4, -0.2) is 40.6 Å². The van der Waals surface area contributed by atoms with E-state index in [9.17, 15) is 20.0 Å². The summed E-state index contributed by atoms with van der Waals surface area (Å²) in [6.07, 6.45) is 5.35. The SMILES string of the molecule is N#Cc1cc2c(nc1N1CCC3(CC1)NC(=O)C[C@@H]3C(=O)O)CCCC2. The number of carbonyl (C=O) groups excluding carboxylic acids is 1. The van der Waals surface area contributed by atoms with E-state index in [0.717, 1.165) is 31.4 Å². The van der Waals surface area contributed by atoms with Crippen molar-refractivity contribution in [2.75, 3.05) is 18.0 Å².